The van der Waals surface area contributed by atoms with Crippen LogP contribution < -0.4 is 10.1 Å². The summed E-state index contributed by atoms with van der Waals surface area (Å²) in [5.74, 6) is 0.938. The minimum Gasteiger partial charge on any atom is -0.497 e. The highest BCUT2D eigenvalue weighted by molar-refractivity contribution is 6.31. The van der Waals surface area contributed by atoms with E-state index in [-0.39, 0.29) is 0 Å². The SMILES string of the molecule is COc1ccc2c(c1)CC(Nc1ccc(C)c(Cl)c1)CC2. The summed E-state index contributed by atoms with van der Waals surface area (Å²) in [5.41, 5.74) is 5.04. The molecule has 1 aliphatic rings. The number of fused-ring (bicyclic) bond motifs is 1. The van der Waals surface area contributed by atoms with Crippen LogP contribution in [0.2, 0.25) is 5.02 Å². The average molecular weight is 302 g/mol. The van der Waals surface area contributed by atoms with Crippen LogP contribution in [0.3, 0.4) is 0 Å². The summed E-state index contributed by atoms with van der Waals surface area (Å²) in [7, 11) is 1.72. The molecule has 2 aromatic rings. The van der Waals surface area contributed by atoms with Gasteiger partial charge in [0, 0.05) is 16.8 Å². The molecular weight excluding hydrogens is 282 g/mol. The summed E-state index contributed by atoms with van der Waals surface area (Å²) < 4.78 is 5.32. The summed E-state index contributed by atoms with van der Waals surface area (Å²) in [6, 6.07) is 13.0. The maximum atomic E-state index is 6.20. The number of nitrogens with one attached hydrogen (secondary N) is 1. The summed E-state index contributed by atoms with van der Waals surface area (Å²) in [6.45, 7) is 2.02. The van der Waals surface area contributed by atoms with Gasteiger partial charge in [-0.1, -0.05) is 23.7 Å². The predicted molar refractivity (Wildman–Crippen MR) is 88.6 cm³/mol. The summed E-state index contributed by atoms with van der Waals surface area (Å²) in [5, 5.41) is 4.42. The number of halogens is 1. The minimum atomic E-state index is 0.448. The third-order valence-electron chi connectivity index (χ3n) is 4.18. The fourth-order valence-corrected chi connectivity index (χ4v) is 3.08. The van der Waals surface area contributed by atoms with Crippen LogP contribution in [0.15, 0.2) is 36.4 Å². The van der Waals surface area contributed by atoms with Crippen LogP contribution in [0.25, 0.3) is 0 Å². The largest absolute Gasteiger partial charge is 0.497 e. The Morgan fingerprint density at radius 2 is 2.00 bits per heavy atom. The second-order valence-corrected chi connectivity index (χ2v) is 6.09. The highest BCUT2D eigenvalue weighted by Gasteiger charge is 2.19. The number of benzene rings is 2. The zero-order chi connectivity index (χ0) is 14.8. The molecule has 1 N–H and O–H groups in total. The van der Waals surface area contributed by atoms with Crippen molar-refractivity contribution >= 4 is 17.3 Å². The maximum absolute atomic E-state index is 6.20. The van der Waals surface area contributed by atoms with E-state index in [2.05, 4.69) is 29.6 Å². The van der Waals surface area contributed by atoms with Crippen LogP contribution in [0, 0.1) is 6.92 Å². The van der Waals surface area contributed by atoms with E-state index in [4.69, 9.17) is 16.3 Å². The molecule has 3 rings (SSSR count). The fraction of sp³-hybridized carbons (Fsp3) is 0.333. The van der Waals surface area contributed by atoms with Crippen molar-refractivity contribution in [1.82, 2.24) is 0 Å². The van der Waals surface area contributed by atoms with E-state index >= 15 is 0 Å². The first-order valence-electron chi connectivity index (χ1n) is 7.34. The Hall–Kier alpha value is -1.67. The summed E-state index contributed by atoms with van der Waals surface area (Å²) in [6.07, 6.45) is 3.28. The van der Waals surface area contributed by atoms with E-state index in [1.165, 1.54) is 11.1 Å². The topological polar surface area (TPSA) is 21.3 Å². The zero-order valence-electron chi connectivity index (χ0n) is 12.4. The van der Waals surface area contributed by atoms with Gasteiger partial charge in [-0.2, -0.15) is 0 Å². The Morgan fingerprint density at radius 3 is 2.76 bits per heavy atom. The molecule has 0 bridgehead atoms. The van der Waals surface area contributed by atoms with Crippen molar-refractivity contribution in [3.8, 4) is 5.75 Å². The Bertz CT molecular complexity index is 654. The summed E-state index contributed by atoms with van der Waals surface area (Å²) >= 11 is 6.20. The molecule has 0 saturated heterocycles. The molecule has 0 saturated carbocycles. The molecule has 0 radical (unpaired) electrons. The Labute approximate surface area is 131 Å². The Kier molecular flexibility index (Phi) is 4.07. The van der Waals surface area contributed by atoms with E-state index in [0.29, 0.717) is 6.04 Å². The van der Waals surface area contributed by atoms with Gasteiger partial charge in [0.1, 0.15) is 5.75 Å². The number of anilines is 1. The number of hydrogen-bond donors (Lipinski definition) is 1. The predicted octanol–water partition coefficient (Wildman–Crippen LogP) is 4.63. The first-order chi connectivity index (χ1) is 10.2. The summed E-state index contributed by atoms with van der Waals surface area (Å²) in [4.78, 5) is 0. The molecule has 3 heteroatoms. The van der Waals surface area contributed by atoms with E-state index in [1.807, 2.05) is 19.1 Å². The molecule has 0 aromatic heterocycles. The molecule has 0 heterocycles. The standard InChI is InChI=1S/C18H20ClNO/c1-12-3-6-16(11-18(12)19)20-15-7-4-13-5-8-17(21-2)10-14(13)9-15/h3,5-6,8,10-11,15,20H,4,7,9H2,1-2H3. The van der Waals surface area contributed by atoms with Crippen LogP contribution in [0.4, 0.5) is 5.69 Å². The van der Waals surface area contributed by atoms with Crippen LogP contribution in [0.1, 0.15) is 23.1 Å². The van der Waals surface area contributed by atoms with E-state index in [9.17, 15) is 0 Å². The third kappa shape index (κ3) is 3.16. The number of ether oxygens (including phenoxy) is 1. The molecule has 1 unspecified atom stereocenters. The Morgan fingerprint density at radius 1 is 1.14 bits per heavy atom. The number of aryl methyl sites for hydroxylation is 2. The quantitative estimate of drug-likeness (QED) is 0.892. The molecule has 110 valence electrons. The van der Waals surface area contributed by atoms with Crippen molar-refractivity contribution in [3.63, 3.8) is 0 Å². The second kappa shape index (κ2) is 5.98. The first-order valence-corrected chi connectivity index (χ1v) is 7.72. The fourth-order valence-electron chi connectivity index (χ4n) is 2.90. The van der Waals surface area contributed by atoms with Gasteiger partial charge in [0.2, 0.25) is 0 Å². The van der Waals surface area contributed by atoms with Gasteiger partial charge in [-0.05, 0) is 67.1 Å². The molecule has 2 aromatic carbocycles. The third-order valence-corrected chi connectivity index (χ3v) is 4.59. The lowest BCUT2D eigenvalue weighted by molar-refractivity contribution is 0.413. The van der Waals surface area contributed by atoms with Gasteiger partial charge in [0.05, 0.1) is 7.11 Å². The van der Waals surface area contributed by atoms with Gasteiger partial charge >= 0.3 is 0 Å². The van der Waals surface area contributed by atoms with Crippen molar-refractivity contribution < 1.29 is 4.74 Å². The highest BCUT2D eigenvalue weighted by Crippen LogP contribution is 2.28. The van der Waals surface area contributed by atoms with Gasteiger partial charge < -0.3 is 10.1 Å². The lowest BCUT2D eigenvalue weighted by Crippen LogP contribution is -2.27. The number of rotatable bonds is 3. The van der Waals surface area contributed by atoms with Crippen LogP contribution in [0.5, 0.6) is 5.75 Å². The van der Waals surface area contributed by atoms with Crippen LogP contribution in [-0.4, -0.2) is 13.2 Å². The Balaban J connectivity index is 1.74. The molecule has 1 aliphatic carbocycles. The first kappa shape index (κ1) is 14.3. The molecule has 21 heavy (non-hydrogen) atoms. The average Bonchev–Trinajstić information content (AvgIpc) is 2.50. The highest BCUT2D eigenvalue weighted by atomic mass is 35.5. The second-order valence-electron chi connectivity index (χ2n) is 5.68. The van der Waals surface area contributed by atoms with Crippen molar-refractivity contribution in [3.05, 3.63) is 58.1 Å². The number of hydrogen-bond acceptors (Lipinski definition) is 2. The molecule has 0 fully saturated rings. The monoisotopic (exact) mass is 301 g/mol. The molecule has 0 spiro atoms. The van der Waals surface area contributed by atoms with Gasteiger partial charge in [-0.15, -0.1) is 0 Å². The van der Waals surface area contributed by atoms with E-state index < -0.39 is 0 Å². The number of methoxy groups -OCH3 is 1. The minimum absolute atomic E-state index is 0.448. The molecule has 2 nitrogen and oxygen atoms in total. The molecule has 1 atom stereocenters. The molecule has 0 amide bonds. The van der Waals surface area contributed by atoms with Crippen molar-refractivity contribution in [2.45, 2.75) is 32.2 Å². The van der Waals surface area contributed by atoms with Gasteiger partial charge in [-0.3, -0.25) is 0 Å². The zero-order valence-corrected chi connectivity index (χ0v) is 13.2. The molecule has 0 aliphatic heterocycles. The van der Waals surface area contributed by atoms with Gasteiger partial charge in [0.15, 0.2) is 0 Å². The van der Waals surface area contributed by atoms with Gasteiger partial charge in [-0.25, -0.2) is 0 Å². The van der Waals surface area contributed by atoms with Crippen molar-refractivity contribution in [2.24, 2.45) is 0 Å². The maximum Gasteiger partial charge on any atom is 0.119 e. The van der Waals surface area contributed by atoms with E-state index in [0.717, 1.165) is 41.3 Å². The molecular formula is C18H20ClNO. The van der Waals surface area contributed by atoms with Crippen LogP contribution in [-0.2, 0) is 12.8 Å². The van der Waals surface area contributed by atoms with E-state index in [1.54, 1.807) is 7.11 Å². The van der Waals surface area contributed by atoms with Crippen LogP contribution >= 0.6 is 11.6 Å². The smallest absolute Gasteiger partial charge is 0.119 e. The van der Waals surface area contributed by atoms with Gasteiger partial charge in [0.25, 0.3) is 0 Å². The lowest BCUT2D eigenvalue weighted by atomic mass is 9.88. The lowest BCUT2D eigenvalue weighted by Gasteiger charge is -2.27. The normalized spacial score (nSPS) is 17.2. The van der Waals surface area contributed by atoms with Crippen molar-refractivity contribution in [1.29, 1.82) is 0 Å². The van der Waals surface area contributed by atoms with Crippen molar-refractivity contribution in [2.75, 3.05) is 12.4 Å².